The van der Waals surface area contributed by atoms with Gasteiger partial charge in [-0.2, -0.15) is 0 Å². The third-order valence-corrected chi connectivity index (χ3v) is 3.08. The Morgan fingerprint density at radius 2 is 2.13 bits per heavy atom. The average molecular weight is 322 g/mol. The van der Waals surface area contributed by atoms with Crippen molar-refractivity contribution in [3.05, 3.63) is 54.0 Å². The van der Waals surface area contributed by atoms with E-state index in [1.807, 2.05) is 0 Å². The Labute approximate surface area is 127 Å². The van der Waals surface area contributed by atoms with Gasteiger partial charge in [0.05, 0.1) is 11.9 Å². The van der Waals surface area contributed by atoms with Crippen LogP contribution in [-0.4, -0.2) is 25.4 Å². The molecule has 2 aromatic heterocycles. The number of benzene rings is 1. The van der Waals surface area contributed by atoms with E-state index in [1.54, 1.807) is 0 Å². The van der Waals surface area contributed by atoms with Crippen LogP contribution in [0.25, 0.3) is 5.65 Å². The van der Waals surface area contributed by atoms with Gasteiger partial charge in [-0.25, -0.2) is 18.2 Å². The van der Waals surface area contributed by atoms with Gasteiger partial charge in [-0.15, -0.1) is 0 Å². The number of hydrogen-bond acceptors (Lipinski definition) is 4. The summed E-state index contributed by atoms with van der Waals surface area (Å²) in [5.74, 6) is -2.08. The number of amides is 1. The molecule has 1 aromatic carbocycles. The fourth-order valence-corrected chi connectivity index (χ4v) is 2.09. The molecule has 2 N–H and O–H groups in total. The van der Waals surface area contributed by atoms with Crippen molar-refractivity contribution < 1.29 is 23.1 Å². The molecule has 0 aliphatic heterocycles. The first-order valence-corrected chi connectivity index (χ1v) is 6.37. The van der Waals surface area contributed by atoms with Crippen LogP contribution in [0.2, 0.25) is 0 Å². The van der Waals surface area contributed by atoms with Gasteiger partial charge in [0, 0.05) is 18.5 Å². The molecule has 0 saturated carbocycles. The van der Waals surface area contributed by atoms with Gasteiger partial charge < -0.3 is 10.4 Å². The zero-order chi connectivity index (χ0) is 16.6. The van der Waals surface area contributed by atoms with Gasteiger partial charge in [0.15, 0.2) is 5.65 Å². The number of carbonyl (C=O) groups excluding carboxylic acids is 1. The Morgan fingerprint density at radius 1 is 1.35 bits per heavy atom. The maximum Gasteiger partial charge on any atom is 0.282 e. The van der Waals surface area contributed by atoms with Crippen LogP contribution in [0.5, 0.6) is 5.75 Å². The molecule has 23 heavy (non-hydrogen) atoms. The number of nitrogens with zero attached hydrogens (tertiary/aromatic N) is 3. The molecule has 0 saturated heterocycles. The molecule has 0 unspecified atom stereocenters. The minimum Gasteiger partial charge on any atom is -0.508 e. The number of phenolic OH excluding ortho intramolecular Hbond substituents is 1. The van der Waals surface area contributed by atoms with E-state index in [0.29, 0.717) is 0 Å². The van der Waals surface area contributed by atoms with Crippen molar-refractivity contribution in [2.75, 3.05) is 5.32 Å². The molecular formula is C14H9F3N4O2. The highest BCUT2D eigenvalue weighted by molar-refractivity contribution is 6.04. The summed E-state index contributed by atoms with van der Waals surface area (Å²) >= 11 is 0. The fraction of sp³-hybridized carbons (Fsp3) is 0.0714. The smallest absolute Gasteiger partial charge is 0.282 e. The van der Waals surface area contributed by atoms with E-state index in [1.165, 1.54) is 18.6 Å². The van der Waals surface area contributed by atoms with Gasteiger partial charge in [0.25, 0.3) is 12.3 Å². The summed E-state index contributed by atoms with van der Waals surface area (Å²) in [6, 6.07) is 3.01. The van der Waals surface area contributed by atoms with Crippen molar-refractivity contribution in [3.8, 4) is 5.75 Å². The lowest BCUT2D eigenvalue weighted by Crippen LogP contribution is -2.17. The van der Waals surface area contributed by atoms with Crippen LogP contribution in [0.3, 0.4) is 0 Å². The molecule has 0 bridgehead atoms. The topological polar surface area (TPSA) is 79.5 Å². The van der Waals surface area contributed by atoms with Crippen molar-refractivity contribution in [2.45, 2.75) is 6.43 Å². The van der Waals surface area contributed by atoms with Crippen molar-refractivity contribution in [3.63, 3.8) is 0 Å². The largest absolute Gasteiger partial charge is 0.508 e. The van der Waals surface area contributed by atoms with Gasteiger partial charge in [-0.3, -0.25) is 14.2 Å². The molecule has 3 aromatic rings. The lowest BCUT2D eigenvalue weighted by molar-refractivity contribution is 0.0999. The fourth-order valence-electron chi connectivity index (χ4n) is 2.09. The van der Waals surface area contributed by atoms with E-state index >= 15 is 0 Å². The molecule has 3 rings (SSSR count). The first-order valence-electron chi connectivity index (χ1n) is 6.37. The zero-order valence-electron chi connectivity index (χ0n) is 11.4. The predicted octanol–water partition coefficient (Wildman–Crippen LogP) is 2.76. The Hall–Kier alpha value is -3.10. The number of aromatic hydroxyl groups is 1. The number of nitrogens with one attached hydrogen (secondary N) is 1. The molecule has 1 amide bonds. The second kappa shape index (κ2) is 5.59. The van der Waals surface area contributed by atoms with Gasteiger partial charge in [-0.05, 0) is 12.1 Å². The Balaban J connectivity index is 2.07. The Bertz CT molecular complexity index is 895. The first-order chi connectivity index (χ1) is 11.0. The van der Waals surface area contributed by atoms with E-state index in [2.05, 4.69) is 15.3 Å². The van der Waals surface area contributed by atoms with Crippen molar-refractivity contribution in [1.82, 2.24) is 14.4 Å². The second-order valence-corrected chi connectivity index (χ2v) is 4.57. The Morgan fingerprint density at radius 3 is 2.87 bits per heavy atom. The van der Waals surface area contributed by atoms with Crippen LogP contribution >= 0.6 is 0 Å². The van der Waals surface area contributed by atoms with Crippen LogP contribution in [0.1, 0.15) is 22.6 Å². The van der Waals surface area contributed by atoms with E-state index < -0.39 is 29.5 Å². The molecular weight excluding hydrogens is 313 g/mol. The van der Waals surface area contributed by atoms with Crippen LogP contribution in [0, 0.1) is 5.82 Å². The zero-order valence-corrected chi connectivity index (χ0v) is 11.4. The highest BCUT2D eigenvalue weighted by atomic mass is 19.3. The first kappa shape index (κ1) is 14.8. The van der Waals surface area contributed by atoms with Gasteiger partial charge in [0.2, 0.25) is 0 Å². The molecule has 6 nitrogen and oxygen atoms in total. The number of fused-ring (bicyclic) bond motifs is 1. The maximum absolute atomic E-state index is 13.6. The molecule has 0 radical (unpaired) electrons. The van der Waals surface area contributed by atoms with Gasteiger partial charge in [-0.1, -0.05) is 0 Å². The van der Waals surface area contributed by atoms with Crippen molar-refractivity contribution in [1.29, 1.82) is 0 Å². The number of hydrogen-bond donors (Lipinski definition) is 2. The molecule has 0 aliphatic carbocycles. The standard InChI is InChI=1S/C14H9F3N4O2/c15-8-2-1-7(22)5-9(8)19-14(23)12-11(13(16)17)20-10-6-18-3-4-21(10)12/h1-6,13,22H,(H,19,23). The monoisotopic (exact) mass is 322 g/mol. The highest BCUT2D eigenvalue weighted by Crippen LogP contribution is 2.26. The number of phenols is 1. The molecule has 0 fully saturated rings. The number of imidazole rings is 1. The normalized spacial score (nSPS) is 11.1. The number of rotatable bonds is 3. The van der Waals surface area contributed by atoms with E-state index in [-0.39, 0.29) is 17.1 Å². The Kier molecular flexibility index (Phi) is 3.61. The summed E-state index contributed by atoms with van der Waals surface area (Å²) in [5, 5.41) is 11.5. The minimum atomic E-state index is -3.00. The summed E-state index contributed by atoms with van der Waals surface area (Å²) in [6.07, 6.45) is 0.819. The maximum atomic E-state index is 13.6. The highest BCUT2D eigenvalue weighted by Gasteiger charge is 2.26. The molecule has 0 spiro atoms. The van der Waals surface area contributed by atoms with E-state index in [0.717, 1.165) is 22.6 Å². The van der Waals surface area contributed by atoms with Gasteiger partial charge >= 0.3 is 0 Å². The average Bonchev–Trinajstić information content (AvgIpc) is 2.90. The molecule has 0 atom stereocenters. The van der Waals surface area contributed by atoms with Crippen LogP contribution in [-0.2, 0) is 0 Å². The number of aromatic nitrogens is 3. The molecule has 118 valence electrons. The molecule has 0 aliphatic rings. The summed E-state index contributed by atoms with van der Waals surface area (Å²) in [6.45, 7) is 0. The van der Waals surface area contributed by atoms with E-state index in [4.69, 9.17) is 0 Å². The number of alkyl halides is 2. The van der Waals surface area contributed by atoms with Crippen LogP contribution < -0.4 is 5.32 Å². The minimum absolute atomic E-state index is 0.0596. The molecule has 2 heterocycles. The summed E-state index contributed by atoms with van der Waals surface area (Å²) in [4.78, 5) is 19.7. The summed E-state index contributed by atoms with van der Waals surface area (Å²) < 4.78 is 41.0. The second-order valence-electron chi connectivity index (χ2n) is 4.57. The number of carbonyl (C=O) groups is 1. The SMILES string of the molecule is O=C(Nc1cc(O)ccc1F)c1c(C(F)F)nc2cnccn12. The third kappa shape index (κ3) is 2.68. The quantitative estimate of drug-likeness (QED) is 0.777. The predicted molar refractivity (Wildman–Crippen MR) is 74.0 cm³/mol. The van der Waals surface area contributed by atoms with Crippen molar-refractivity contribution >= 4 is 17.2 Å². The van der Waals surface area contributed by atoms with E-state index in [9.17, 15) is 23.1 Å². The van der Waals surface area contributed by atoms with Gasteiger partial charge in [0.1, 0.15) is 23.0 Å². The van der Waals surface area contributed by atoms with Crippen molar-refractivity contribution in [2.24, 2.45) is 0 Å². The summed E-state index contributed by atoms with van der Waals surface area (Å²) in [5.41, 5.74) is -1.44. The van der Waals surface area contributed by atoms with Crippen LogP contribution in [0.15, 0.2) is 36.8 Å². The number of anilines is 1. The lowest BCUT2D eigenvalue weighted by Gasteiger charge is -2.08. The van der Waals surface area contributed by atoms with Crippen LogP contribution in [0.4, 0.5) is 18.9 Å². The third-order valence-electron chi connectivity index (χ3n) is 3.08. The molecule has 9 heteroatoms. The lowest BCUT2D eigenvalue weighted by atomic mass is 10.2. The number of halogens is 3. The summed E-state index contributed by atoms with van der Waals surface area (Å²) in [7, 11) is 0.